The summed E-state index contributed by atoms with van der Waals surface area (Å²) in [6.45, 7) is 7.83. The number of halogens is 4. The summed E-state index contributed by atoms with van der Waals surface area (Å²) < 4.78 is 59.4. The first-order valence-electron chi connectivity index (χ1n) is 8.35. The third-order valence-corrected chi connectivity index (χ3v) is 4.93. The van der Waals surface area contributed by atoms with Crippen molar-refractivity contribution in [1.29, 1.82) is 0 Å². The highest BCUT2D eigenvalue weighted by atomic mass is 19.4. The number of benzene rings is 1. The summed E-state index contributed by atoms with van der Waals surface area (Å²) in [6, 6.07) is 1.81. The van der Waals surface area contributed by atoms with Crippen molar-refractivity contribution < 1.29 is 22.3 Å². The molecule has 1 aromatic carbocycles. The van der Waals surface area contributed by atoms with Crippen molar-refractivity contribution in [1.82, 2.24) is 0 Å². The van der Waals surface area contributed by atoms with Gasteiger partial charge in [0.25, 0.3) is 0 Å². The lowest BCUT2D eigenvalue weighted by Gasteiger charge is -2.33. The van der Waals surface area contributed by atoms with Gasteiger partial charge in [-0.3, -0.25) is 0 Å². The Balaban J connectivity index is 0.00000100. The maximum atomic E-state index is 13.8. The molecule has 0 saturated heterocycles. The fourth-order valence-electron chi connectivity index (χ4n) is 3.62. The van der Waals surface area contributed by atoms with Gasteiger partial charge in [0.05, 0.1) is 12.0 Å². The molecule has 0 radical (unpaired) electrons. The molecule has 2 aliphatic rings. The molecule has 2 nitrogen and oxygen atoms in total. The van der Waals surface area contributed by atoms with Crippen molar-refractivity contribution in [3.05, 3.63) is 29.1 Å². The summed E-state index contributed by atoms with van der Waals surface area (Å²) in [5.74, 6) is 0.103. The van der Waals surface area contributed by atoms with Gasteiger partial charge < -0.3 is 10.5 Å². The number of nitrogens with two attached hydrogens (primary N) is 1. The molecule has 1 saturated carbocycles. The lowest BCUT2D eigenvalue weighted by atomic mass is 9.74. The summed E-state index contributed by atoms with van der Waals surface area (Å²) in [5, 5.41) is 0. The molecule has 3 rings (SSSR count). The largest absolute Gasteiger partial charge is 0.493 e. The number of alkyl halides is 3. The SMILES string of the molecule is CC.CC(C)(C[C@]1(C(F)(F)F)C[C@@H]1N)c1cc(F)cc2c1OCC2. The van der Waals surface area contributed by atoms with Gasteiger partial charge in [0.2, 0.25) is 0 Å². The van der Waals surface area contributed by atoms with E-state index in [1.165, 1.54) is 12.1 Å². The molecule has 1 aliphatic carbocycles. The highest BCUT2D eigenvalue weighted by Crippen LogP contribution is 2.62. The first kappa shape index (κ1) is 19.0. The standard InChI is InChI=1S/C16H19F4NO.C2H6/c1-14(2,8-15(7-12(15)21)16(18,19)20)11-6-10(17)5-9-3-4-22-13(9)11;1-2/h5-6,12H,3-4,7-8,21H2,1-2H3;1-2H3/t12-,15+;/m0./s1. The normalized spacial score (nSPS) is 25.5. The van der Waals surface area contributed by atoms with Gasteiger partial charge >= 0.3 is 6.18 Å². The van der Waals surface area contributed by atoms with E-state index in [0.29, 0.717) is 24.3 Å². The minimum atomic E-state index is -4.35. The van der Waals surface area contributed by atoms with Crippen LogP contribution in [0.2, 0.25) is 0 Å². The van der Waals surface area contributed by atoms with E-state index in [2.05, 4.69) is 0 Å². The number of hydrogen-bond donors (Lipinski definition) is 1. The van der Waals surface area contributed by atoms with Gasteiger partial charge in [0.1, 0.15) is 11.6 Å². The maximum absolute atomic E-state index is 13.8. The van der Waals surface area contributed by atoms with Gasteiger partial charge in [0, 0.05) is 23.6 Å². The maximum Gasteiger partial charge on any atom is 0.396 e. The van der Waals surface area contributed by atoms with Crippen molar-refractivity contribution in [2.45, 2.75) is 64.6 Å². The number of ether oxygens (including phenoxy) is 1. The molecule has 1 fully saturated rings. The molecule has 24 heavy (non-hydrogen) atoms. The number of fused-ring (bicyclic) bond motifs is 1. The Labute approximate surface area is 140 Å². The second kappa shape index (κ2) is 6.21. The summed E-state index contributed by atoms with van der Waals surface area (Å²) in [5.41, 5.74) is 4.08. The zero-order valence-electron chi connectivity index (χ0n) is 14.6. The van der Waals surface area contributed by atoms with Crippen LogP contribution < -0.4 is 10.5 Å². The van der Waals surface area contributed by atoms with E-state index in [0.717, 1.165) is 5.56 Å². The predicted octanol–water partition coefficient (Wildman–Crippen LogP) is 4.73. The Morgan fingerprint density at radius 1 is 1.25 bits per heavy atom. The van der Waals surface area contributed by atoms with Crippen molar-refractivity contribution in [3.8, 4) is 5.75 Å². The van der Waals surface area contributed by atoms with Gasteiger partial charge in [0.15, 0.2) is 0 Å². The van der Waals surface area contributed by atoms with Crippen molar-refractivity contribution in [3.63, 3.8) is 0 Å². The highest BCUT2D eigenvalue weighted by molar-refractivity contribution is 5.48. The fourth-order valence-corrected chi connectivity index (χ4v) is 3.62. The average Bonchev–Trinajstić information content (AvgIpc) is 2.93. The van der Waals surface area contributed by atoms with E-state index in [1.807, 2.05) is 13.8 Å². The van der Waals surface area contributed by atoms with Gasteiger partial charge in [-0.05, 0) is 30.4 Å². The first-order valence-corrected chi connectivity index (χ1v) is 8.35. The Morgan fingerprint density at radius 3 is 2.33 bits per heavy atom. The second-order valence-corrected chi connectivity index (χ2v) is 7.07. The molecular weight excluding hydrogens is 322 g/mol. The van der Waals surface area contributed by atoms with E-state index in [-0.39, 0.29) is 12.8 Å². The third-order valence-electron chi connectivity index (χ3n) is 4.93. The second-order valence-electron chi connectivity index (χ2n) is 7.07. The smallest absolute Gasteiger partial charge is 0.396 e. The quantitative estimate of drug-likeness (QED) is 0.802. The van der Waals surface area contributed by atoms with Crippen LogP contribution in [0.25, 0.3) is 0 Å². The predicted molar refractivity (Wildman–Crippen MR) is 85.7 cm³/mol. The molecule has 0 amide bonds. The van der Waals surface area contributed by atoms with Crippen LogP contribution >= 0.6 is 0 Å². The molecule has 136 valence electrons. The topological polar surface area (TPSA) is 35.2 Å². The lowest BCUT2D eigenvalue weighted by Crippen LogP contribution is -2.37. The fraction of sp³-hybridized carbons (Fsp3) is 0.667. The molecule has 1 heterocycles. The van der Waals surface area contributed by atoms with Crippen molar-refractivity contribution in [2.24, 2.45) is 11.1 Å². The van der Waals surface area contributed by atoms with Crippen molar-refractivity contribution in [2.75, 3.05) is 6.61 Å². The van der Waals surface area contributed by atoms with Crippen LogP contribution in [-0.2, 0) is 11.8 Å². The zero-order chi connectivity index (χ0) is 18.3. The van der Waals surface area contributed by atoms with Crippen LogP contribution in [0, 0.1) is 11.2 Å². The van der Waals surface area contributed by atoms with Crippen LogP contribution in [-0.4, -0.2) is 18.8 Å². The van der Waals surface area contributed by atoms with Crippen LogP contribution in [0.5, 0.6) is 5.75 Å². The molecule has 0 spiro atoms. The molecular formula is C18H25F4NO. The number of rotatable bonds is 3. The minimum absolute atomic E-state index is 0.0711. The van der Waals surface area contributed by atoms with E-state index < -0.39 is 28.9 Å². The molecule has 2 N–H and O–H groups in total. The first-order chi connectivity index (χ1) is 11.1. The van der Waals surface area contributed by atoms with Crippen LogP contribution in [0.3, 0.4) is 0 Å². The van der Waals surface area contributed by atoms with Crippen molar-refractivity contribution >= 4 is 0 Å². The van der Waals surface area contributed by atoms with E-state index in [9.17, 15) is 17.6 Å². The summed E-state index contributed by atoms with van der Waals surface area (Å²) in [7, 11) is 0. The Bertz CT molecular complexity index is 612. The minimum Gasteiger partial charge on any atom is -0.493 e. The van der Waals surface area contributed by atoms with Gasteiger partial charge in [-0.2, -0.15) is 13.2 Å². The molecule has 1 aromatic rings. The van der Waals surface area contributed by atoms with E-state index >= 15 is 0 Å². The molecule has 0 bridgehead atoms. The summed E-state index contributed by atoms with van der Waals surface area (Å²) in [6.07, 6.45) is -4.00. The molecule has 2 atom stereocenters. The van der Waals surface area contributed by atoms with Crippen LogP contribution in [0.1, 0.15) is 51.7 Å². The van der Waals surface area contributed by atoms with Gasteiger partial charge in [-0.15, -0.1) is 0 Å². The van der Waals surface area contributed by atoms with Gasteiger partial charge in [-0.25, -0.2) is 4.39 Å². The number of hydrogen-bond acceptors (Lipinski definition) is 2. The Kier molecular flexibility index (Phi) is 4.92. The van der Waals surface area contributed by atoms with E-state index in [4.69, 9.17) is 10.5 Å². The third kappa shape index (κ3) is 3.13. The van der Waals surface area contributed by atoms with E-state index in [1.54, 1.807) is 13.8 Å². The highest BCUT2D eigenvalue weighted by Gasteiger charge is 2.70. The van der Waals surface area contributed by atoms with Gasteiger partial charge in [-0.1, -0.05) is 27.7 Å². The lowest BCUT2D eigenvalue weighted by molar-refractivity contribution is -0.194. The average molecular weight is 347 g/mol. The Morgan fingerprint density at radius 2 is 1.83 bits per heavy atom. The molecule has 1 aliphatic heterocycles. The van der Waals surface area contributed by atoms with Crippen LogP contribution in [0.15, 0.2) is 12.1 Å². The monoisotopic (exact) mass is 347 g/mol. The molecule has 0 aromatic heterocycles. The molecule has 0 unspecified atom stereocenters. The Hall–Kier alpha value is -1.30. The summed E-state index contributed by atoms with van der Waals surface area (Å²) in [4.78, 5) is 0. The summed E-state index contributed by atoms with van der Waals surface area (Å²) >= 11 is 0. The van der Waals surface area contributed by atoms with Crippen LogP contribution in [0.4, 0.5) is 17.6 Å². The zero-order valence-corrected chi connectivity index (χ0v) is 14.6. The molecule has 6 heteroatoms.